The van der Waals surface area contributed by atoms with Crippen molar-refractivity contribution in [3.05, 3.63) is 48.4 Å². The zero-order chi connectivity index (χ0) is 20.5. The van der Waals surface area contributed by atoms with Crippen LogP contribution in [0.15, 0.2) is 57.8 Å². The Kier molecular flexibility index (Phi) is 5.85. The number of benzene rings is 1. The first-order valence-corrected chi connectivity index (χ1v) is 11.4. The van der Waals surface area contributed by atoms with Crippen LogP contribution in [-0.2, 0) is 11.6 Å². The van der Waals surface area contributed by atoms with Gasteiger partial charge in [0, 0.05) is 47.8 Å². The number of aryl methyl sites for hydroxylation is 1. The molecule has 28 heavy (non-hydrogen) atoms. The van der Waals surface area contributed by atoms with Gasteiger partial charge in [-0.05, 0) is 24.3 Å². The molecule has 146 valence electrons. The van der Waals surface area contributed by atoms with Crippen LogP contribution in [0.5, 0.6) is 0 Å². The number of amides is 1. The first-order chi connectivity index (χ1) is 13.1. The lowest BCUT2D eigenvalue weighted by molar-refractivity contribution is 0.102. The molecule has 0 aliphatic heterocycles. The summed E-state index contributed by atoms with van der Waals surface area (Å²) in [5, 5.41) is 3.59. The molecule has 0 aliphatic rings. The number of imidazole rings is 1. The molecule has 1 unspecified atom stereocenters. The van der Waals surface area contributed by atoms with E-state index in [1.165, 1.54) is 36.8 Å². The lowest BCUT2D eigenvalue weighted by Crippen LogP contribution is -2.16. The van der Waals surface area contributed by atoms with Gasteiger partial charge < -0.3 is 20.5 Å². The Hall–Kier alpha value is -2.26. The quantitative estimate of drug-likeness (QED) is 0.276. The van der Waals surface area contributed by atoms with Crippen molar-refractivity contribution in [3.8, 4) is 0 Å². The topological polar surface area (TPSA) is 123 Å². The molecule has 4 N–H and O–H groups in total. The SMILES string of the molecule is Cn1ccnc1Sc1cc(C(=O)Nc2ccc(P(C)(=O)O)cn2)c(N)cc1S. The number of carbonyl (C=O) groups is 1. The van der Waals surface area contributed by atoms with E-state index >= 15 is 0 Å². The number of nitrogens with one attached hydrogen (secondary N) is 1. The van der Waals surface area contributed by atoms with Crippen molar-refractivity contribution in [2.24, 2.45) is 7.05 Å². The van der Waals surface area contributed by atoms with Crippen molar-refractivity contribution < 1.29 is 14.3 Å². The molecule has 1 atom stereocenters. The van der Waals surface area contributed by atoms with Gasteiger partial charge in [-0.25, -0.2) is 9.97 Å². The zero-order valence-electron chi connectivity index (χ0n) is 15.0. The molecule has 1 amide bonds. The summed E-state index contributed by atoms with van der Waals surface area (Å²) in [6.45, 7) is 1.22. The molecule has 1 aromatic carbocycles. The van der Waals surface area contributed by atoms with E-state index in [0.717, 1.165) is 10.1 Å². The Morgan fingerprint density at radius 2 is 2.11 bits per heavy atom. The van der Waals surface area contributed by atoms with Crippen molar-refractivity contribution in [3.63, 3.8) is 0 Å². The molecule has 3 rings (SSSR count). The van der Waals surface area contributed by atoms with Gasteiger partial charge in [-0.3, -0.25) is 9.36 Å². The molecule has 0 bridgehead atoms. The number of nitrogens with two attached hydrogens (primary N) is 1. The fourth-order valence-corrected chi connectivity index (χ4v) is 4.12. The third-order valence-corrected chi connectivity index (χ3v) is 6.70. The number of nitrogens with zero attached hydrogens (tertiary/aromatic N) is 3. The summed E-state index contributed by atoms with van der Waals surface area (Å²) >= 11 is 5.80. The van der Waals surface area contributed by atoms with Gasteiger partial charge in [0.25, 0.3) is 5.91 Å². The number of pyridine rings is 1. The average molecular weight is 435 g/mol. The van der Waals surface area contributed by atoms with Gasteiger partial charge in [0.05, 0.1) is 10.9 Å². The van der Waals surface area contributed by atoms with Gasteiger partial charge in [0.2, 0.25) is 7.37 Å². The number of thiol groups is 1. The van der Waals surface area contributed by atoms with E-state index in [2.05, 4.69) is 27.9 Å². The van der Waals surface area contributed by atoms with Gasteiger partial charge in [0.1, 0.15) is 5.82 Å². The highest BCUT2D eigenvalue weighted by molar-refractivity contribution is 7.99. The minimum absolute atomic E-state index is 0.207. The van der Waals surface area contributed by atoms with Gasteiger partial charge in [0.15, 0.2) is 5.16 Å². The largest absolute Gasteiger partial charge is 0.398 e. The molecule has 0 fully saturated rings. The van der Waals surface area contributed by atoms with Gasteiger partial charge in [-0.15, -0.1) is 12.6 Å². The van der Waals surface area contributed by atoms with E-state index in [9.17, 15) is 14.3 Å². The highest BCUT2D eigenvalue weighted by atomic mass is 32.2. The normalized spacial score (nSPS) is 13.1. The van der Waals surface area contributed by atoms with Crippen LogP contribution < -0.4 is 16.4 Å². The average Bonchev–Trinajstić information content (AvgIpc) is 3.01. The zero-order valence-corrected chi connectivity index (χ0v) is 17.6. The lowest BCUT2D eigenvalue weighted by Gasteiger charge is -2.12. The van der Waals surface area contributed by atoms with E-state index < -0.39 is 13.3 Å². The predicted molar refractivity (Wildman–Crippen MR) is 113 cm³/mol. The molecule has 0 saturated carbocycles. The summed E-state index contributed by atoms with van der Waals surface area (Å²) in [5.41, 5.74) is 6.54. The van der Waals surface area contributed by atoms with E-state index in [1.54, 1.807) is 18.3 Å². The summed E-state index contributed by atoms with van der Waals surface area (Å²) in [6.07, 6.45) is 4.77. The van der Waals surface area contributed by atoms with Crippen molar-refractivity contribution in [2.45, 2.75) is 14.9 Å². The number of carbonyl (C=O) groups excluding carboxylic acids is 1. The minimum atomic E-state index is -3.40. The molecule has 11 heteroatoms. The smallest absolute Gasteiger partial charge is 0.258 e. The maximum absolute atomic E-state index is 12.7. The molecule has 0 saturated heterocycles. The van der Waals surface area contributed by atoms with Crippen molar-refractivity contribution in [1.29, 1.82) is 0 Å². The van der Waals surface area contributed by atoms with E-state index in [-0.39, 0.29) is 22.4 Å². The van der Waals surface area contributed by atoms with Crippen LogP contribution in [0.4, 0.5) is 11.5 Å². The predicted octanol–water partition coefficient (Wildman–Crippen LogP) is 2.62. The second-order valence-corrected chi connectivity index (χ2v) is 9.83. The molecule has 3 aromatic rings. The van der Waals surface area contributed by atoms with Crippen molar-refractivity contribution in [2.75, 3.05) is 17.7 Å². The molecule has 8 nitrogen and oxygen atoms in total. The first kappa shape index (κ1) is 20.5. The maximum atomic E-state index is 12.7. The maximum Gasteiger partial charge on any atom is 0.258 e. The Balaban J connectivity index is 1.84. The summed E-state index contributed by atoms with van der Waals surface area (Å²) < 4.78 is 13.5. The molecule has 2 heterocycles. The van der Waals surface area contributed by atoms with Crippen LogP contribution in [0, 0.1) is 0 Å². The fourth-order valence-electron chi connectivity index (χ4n) is 2.30. The number of rotatable bonds is 5. The van der Waals surface area contributed by atoms with Crippen LogP contribution in [0.25, 0.3) is 0 Å². The fraction of sp³-hybridized carbons (Fsp3) is 0.118. The molecule has 0 aliphatic carbocycles. The van der Waals surface area contributed by atoms with Crippen LogP contribution >= 0.6 is 31.8 Å². The minimum Gasteiger partial charge on any atom is -0.398 e. The van der Waals surface area contributed by atoms with E-state index in [0.29, 0.717) is 4.90 Å². The summed E-state index contributed by atoms with van der Waals surface area (Å²) in [6, 6.07) is 6.17. The van der Waals surface area contributed by atoms with E-state index in [1.807, 2.05) is 17.8 Å². The standard InChI is InChI=1S/C17H18N5O3PS2/c1-22-6-5-19-17(22)28-14-7-11(12(18)8-13(14)27)16(23)21-15-4-3-10(9-20-15)26(2,24)25/h3-9,27H,18H2,1-2H3,(H,24,25)(H,20,21,23). The molecular weight excluding hydrogens is 417 g/mol. The van der Waals surface area contributed by atoms with Gasteiger partial charge in [-0.1, -0.05) is 11.8 Å². The molecule has 0 radical (unpaired) electrons. The second-order valence-electron chi connectivity index (χ2n) is 6.06. The Morgan fingerprint density at radius 3 is 2.68 bits per heavy atom. The highest BCUT2D eigenvalue weighted by Gasteiger charge is 2.17. The number of aromatic nitrogens is 3. The van der Waals surface area contributed by atoms with Crippen LogP contribution in [0.1, 0.15) is 10.4 Å². The number of anilines is 2. The summed E-state index contributed by atoms with van der Waals surface area (Å²) in [4.78, 5) is 31.8. The Bertz CT molecular complexity index is 1080. The van der Waals surface area contributed by atoms with Gasteiger partial charge >= 0.3 is 0 Å². The Morgan fingerprint density at radius 1 is 1.36 bits per heavy atom. The highest BCUT2D eigenvalue weighted by Crippen LogP contribution is 2.35. The van der Waals surface area contributed by atoms with Crippen LogP contribution in [0.2, 0.25) is 0 Å². The summed E-state index contributed by atoms with van der Waals surface area (Å²) in [5.74, 6) is -0.202. The molecular formula is C17H18N5O3PS2. The molecule has 0 spiro atoms. The summed E-state index contributed by atoms with van der Waals surface area (Å²) in [7, 11) is -1.53. The van der Waals surface area contributed by atoms with E-state index in [4.69, 9.17) is 5.73 Å². The van der Waals surface area contributed by atoms with Crippen LogP contribution in [-0.4, -0.2) is 32.0 Å². The van der Waals surface area contributed by atoms with Crippen molar-refractivity contribution >= 4 is 54.5 Å². The third-order valence-electron chi connectivity index (χ3n) is 3.82. The second kappa shape index (κ2) is 8.00. The molecule has 2 aromatic heterocycles. The van der Waals surface area contributed by atoms with Crippen LogP contribution in [0.3, 0.4) is 0 Å². The number of hydrogen-bond acceptors (Lipinski definition) is 7. The van der Waals surface area contributed by atoms with Crippen molar-refractivity contribution in [1.82, 2.24) is 14.5 Å². The van der Waals surface area contributed by atoms with Gasteiger partial charge in [-0.2, -0.15) is 0 Å². The number of nitrogen functional groups attached to an aromatic ring is 1. The first-order valence-electron chi connectivity index (χ1n) is 8.01. The lowest BCUT2D eigenvalue weighted by atomic mass is 10.1. The Labute approximate surface area is 171 Å². The monoisotopic (exact) mass is 435 g/mol. The number of hydrogen-bond donors (Lipinski definition) is 4. The third kappa shape index (κ3) is 4.59.